The number of carbonyl (C=O) groups is 1. The van der Waals surface area contributed by atoms with E-state index in [2.05, 4.69) is 30.3 Å². The van der Waals surface area contributed by atoms with Crippen LogP contribution in [0.2, 0.25) is 0 Å². The fraction of sp³-hybridized carbons (Fsp3) is 0.316. The quantitative estimate of drug-likeness (QED) is 0.763. The molecular weight excluding hydrogens is 342 g/mol. The lowest BCUT2D eigenvalue weighted by molar-refractivity contribution is -0.120. The molecule has 0 radical (unpaired) electrons. The lowest BCUT2D eigenvalue weighted by atomic mass is 9.99. The van der Waals surface area contributed by atoms with Crippen LogP contribution in [-0.2, 0) is 4.79 Å². The van der Waals surface area contributed by atoms with Gasteiger partial charge in [-0.05, 0) is 38.5 Å². The molecule has 8 nitrogen and oxygen atoms in total. The van der Waals surface area contributed by atoms with Crippen molar-refractivity contribution in [3.63, 3.8) is 0 Å². The molecule has 3 aromatic heterocycles. The van der Waals surface area contributed by atoms with E-state index >= 15 is 0 Å². The minimum Gasteiger partial charge on any atom is -0.355 e. The second kappa shape index (κ2) is 6.79. The zero-order valence-corrected chi connectivity index (χ0v) is 15.5. The van der Waals surface area contributed by atoms with Crippen molar-refractivity contribution in [1.29, 1.82) is 0 Å². The third-order valence-corrected chi connectivity index (χ3v) is 4.60. The SMILES string of the molecule is Cc1ccc(NC(=O)C2CN(c3cc(-n4nc(C)cc4C)ncn3)C2)nc1. The number of nitrogens with one attached hydrogen (secondary N) is 1. The average molecular weight is 363 g/mol. The van der Waals surface area contributed by atoms with Gasteiger partial charge in [0.25, 0.3) is 0 Å². The van der Waals surface area contributed by atoms with E-state index in [4.69, 9.17) is 0 Å². The van der Waals surface area contributed by atoms with Gasteiger partial charge in [-0.1, -0.05) is 6.07 Å². The van der Waals surface area contributed by atoms with Gasteiger partial charge >= 0.3 is 0 Å². The third kappa shape index (κ3) is 3.51. The fourth-order valence-electron chi connectivity index (χ4n) is 3.09. The number of nitrogens with zero attached hydrogens (tertiary/aromatic N) is 6. The zero-order chi connectivity index (χ0) is 19.0. The molecule has 138 valence electrons. The summed E-state index contributed by atoms with van der Waals surface area (Å²) in [5.74, 6) is 2.00. The lowest BCUT2D eigenvalue weighted by Crippen LogP contribution is -2.52. The first-order chi connectivity index (χ1) is 13.0. The third-order valence-electron chi connectivity index (χ3n) is 4.60. The van der Waals surface area contributed by atoms with E-state index in [0.717, 1.165) is 28.6 Å². The summed E-state index contributed by atoms with van der Waals surface area (Å²) in [6, 6.07) is 7.64. The van der Waals surface area contributed by atoms with Crippen molar-refractivity contribution in [2.45, 2.75) is 20.8 Å². The van der Waals surface area contributed by atoms with Crippen molar-refractivity contribution in [3.05, 3.63) is 53.7 Å². The molecule has 0 saturated carbocycles. The van der Waals surface area contributed by atoms with Crippen LogP contribution in [0.25, 0.3) is 5.82 Å². The number of aromatic nitrogens is 5. The highest BCUT2D eigenvalue weighted by Crippen LogP contribution is 2.25. The van der Waals surface area contributed by atoms with E-state index in [1.807, 2.05) is 45.0 Å². The molecule has 4 rings (SSSR count). The molecule has 1 fully saturated rings. The van der Waals surface area contributed by atoms with Gasteiger partial charge in [0.2, 0.25) is 5.91 Å². The van der Waals surface area contributed by atoms with E-state index in [9.17, 15) is 4.79 Å². The molecule has 1 amide bonds. The topological polar surface area (TPSA) is 88.8 Å². The summed E-state index contributed by atoms with van der Waals surface area (Å²) in [6.45, 7) is 7.14. The van der Waals surface area contributed by atoms with Gasteiger partial charge in [0.05, 0.1) is 11.6 Å². The molecule has 0 aliphatic carbocycles. The first kappa shape index (κ1) is 17.1. The van der Waals surface area contributed by atoms with Crippen LogP contribution in [0, 0.1) is 26.7 Å². The van der Waals surface area contributed by atoms with Gasteiger partial charge in [-0.2, -0.15) is 5.10 Å². The van der Waals surface area contributed by atoms with Crippen LogP contribution in [0.15, 0.2) is 36.8 Å². The molecule has 0 spiro atoms. The van der Waals surface area contributed by atoms with E-state index < -0.39 is 0 Å². The van der Waals surface area contributed by atoms with Crippen LogP contribution in [0.1, 0.15) is 17.0 Å². The minimum absolute atomic E-state index is 0.0181. The second-order valence-electron chi connectivity index (χ2n) is 6.89. The number of hydrogen-bond acceptors (Lipinski definition) is 6. The Bertz CT molecular complexity index is 974. The summed E-state index contributed by atoms with van der Waals surface area (Å²) in [4.78, 5) is 27.3. The van der Waals surface area contributed by atoms with Crippen LogP contribution in [0.5, 0.6) is 0 Å². The van der Waals surface area contributed by atoms with Crippen molar-refractivity contribution in [3.8, 4) is 5.82 Å². The van der Waals surface area contributed by atoms with Crippen molar-refractivity contribution in [1.82, 2.24) is 24.7 Å². The van der Waals surface area contributed by atoms with Crippen LogP contribution in [0.4, 0.5) is 11.6 Å². The summed E-state index contributed by atoms with van der Waals surface area (Å²) < 4.78 is 1.80. The Morgan fingerprint density at radius 1 is 1.07 bits per heavy atom. The Hall–Kier alpha value is -3.29. The Morgan fingerprint density at radius 2 is 1.85 bits per heavy atom. The highest BCUT2D eigenvalue weighted by atomic mass is 16.2. The molecule has 3 aromatic rings. The number of rotatable bonds is 4. The van der Waals surface area contributed by atoms with Gasteiger partial charge in [-0.25, -0.2) is 19.6 Å². The maximum atomic E-state index is 12.4. The highest BCUT2D eigenvalue weighted by Gasteiger charge is 2.34. The van der Waals surface area contributed by atoms with Gasteiger partial charge in [-0.15, -0.1) is 0 Å². The smallest absolute Gasteiger partial charge is 0.232 e. The molecule has 0 aromatic carbocycles. The maximum absolute atomic E-state index is 12.4. The fourth-order valence-corrected chi connectivity index (χ4v) is 3.09. The van der Waals surface area contributed by atoms with Crippen LogP contribution < -0.4 is 10.2 Å². The Kier molecular flexibility index (Phi) is 4.31. The lowest BCUT2D eigenvalue weighted by Gasteiger charge is -2.39. The van der Waals surface area contributed by atoms with Gasteiger partial charge in [0.15, 0.2) is 5.82 Å². The monoisotopic (exact) mass is 363 g/mol. The normalized spacial score (nSPS) is 14.1. The molecule has 1 saturated heterocycles. The molecule has 0 atom stereocenters. The van der Waals surface area contributed by atoms with Gasteiger partial charge in [0.1, 0.15) is 18.0 Å². The summed E-state index contributed by atoms with van der Waals surface area (Å²) in [6.07, 6.45) is 3.27. The van der Waals surface area contributed by atoms with Crippen LogP contribution in [-0.4, -0.2) is 43.7 Å². The molecule has 0 unspecified atom stereocenters. The number of carbonyl (C=O) groups excluding carboxylic acids is 1. The Morgan fingerprint density at radius 3 is 2.52 bits per heavy atom. The molecule has 8 heteroatoms. The molecule has 0 bridgehead atoms. The Labute approximate surface area is 157 Å². The number of aryl methyl sites for hydroxylation is 3. The largest absolute Gasteiger partial charge is 0.355 e. The van der Waals surface area contributed by atoms with Crippen LogP contribution >= 0.6 is 0 Å². The molecule has 1 aliphatic heterocycles. The summed E-state index contributed by atoms with van der Waals surface area (Å²) in [5.41, 5.74) is 3.02. The average Bonchev–Trinajstić information content (AvgIpc) is 2.94. The molecular formula is C19H21N7O. The van der Waals surface area contributed by atoms with E-state index in [-0.39, 0.29) is 11.8 Å². The van der Waals surface area contributed by atoms with Crippen molar-refractivity contribution >= 4 is 17.5 Å². The molecule has 4 heterocycles. The predicted molar refractivity (Wildman–Crippen MR) is 102 cm³/mol. The summed E-state index contributed by atoms with van der Waals surface area (Å²) in [7, 11) is 0. The maximum Gasteiger partial charge on any atom is 0.232 e. The Balaban J connectivity index is 1.40. The standard InChI is InChI=1S/C19H21N7O/c1-12-4-5-16(20-8-12)23-19(27)15-9-25(10-15)17-7-18(22-11-21-17)26-14(3)6-13(2)24-26/h4-8,11,15H,9-10H2,1-3H3,(H,20,23,27). The van der Waals surface area contributed by atoms with E-state index in [1.165, 1.54) is 6.33 Å². The first-order valence-corrected chi connectivity index (χ1v) is 8.84. The van der Waals surface area contributed by atoms with Crippen molar-refractivity contribution in [2.24, 2.45) is 5.92 Å². The molecule has 27 heavy (non-hydrogen) atoms. The highest BCUT2D eigenvalue weighted by molar-refractivity contribution is 5.93. The van der Waals surface area contributed by atoms with Gasteiger partial charge in [0, 0.05) is 31.0 Å². The van der Waals surface area contributed by atoms with Crippen LogP contribution in [0.3, 0.4) is 0 Å². The number of hydrogen-bond donors (Lipinski definition) is 1. The summed E-state index contributed by atoms with van der Waals surface area (Å²) in [5, 5.41) is 7.32. The summed E-state index contributed by atoms with van der Waals surface area (Å²) >= 11 is 0. The number of anilines is 2. The van der Waals surface area contributed by atoms with Crippen molar-refractivity contribution in [2.75, 3.05) is 23.3 Å². The van der Waals surface area contributed by atoms with Gasteiger partial charge < -0.3 is 10.2 Å². The number of pyridine rings is 1. The minimum atomic E-state index is -0.0831. The number of amides is 1. The second-order valence-corrected chi connectivity index (χ2v) is 6.89. The van der Waals surface area contributed by atoms with E-state index in [0.29, 0.717) is 18.9 Å². The zero-order valence-electron chi connectivity index (χ0n) is 15.5. The van der Waals surface area contributed by atoms with E-state index in [1.54, 1.807) is 10.9 Å². The van der Waals surface area contributed by atoms with Crippen molar-refractivity contribution < 1.29 is 4.79 Å². The van der Waals surface area contributed by atoms with Gasteiger partial charge in [-0.3, -0.25) is 4.79 Å². The molecule has 1 N–H and O–H groups in total. The predicted octanol–water partition coefficient (Wildman–Crippen LogP) is 2.06. The first-order valence-electron chi connectivity index (χ1n) is 8.84. The molecule has 1 aliphatic rings.